The molecule has 2 aromatic carbocycles. The molecule has 5 rings (SSSR count). The van der Waals surface area contributed by atoms with Crippen molar-refractivity contribution in [1.82, 2.24) is 19.5 Å². The molecule has 214 valence electrons. The number of nitrogens with zero attached hydrogens (tertiary/aromatic N) is 2. The van der Waals surface area contributed by atoms with Crippen LogP contribution in [-0.4, -0.2) is 61.0 Å². The predicted octanol–water partition coefficient (Wildman–Crippen LogP) is 4.73. The highest BCUT2D eigenvalue weighted by Crippen LogP contribution is 2.29. The van der Waals surface area contributed by atoms with Crippen LogP contribution in [0.1, 0.15) is 66.9 Å². The average molecular weight is 585 g/mol. The maximum Gasteiger partial charge on any atom is 0.252 e. The third kappa shape index (κ3) is 6.53. The molecule has 1 saturated heterocycles. The summed E-state index contributed by atoms with van der Waals surface area (Å²) in [6.07, 6.45) is 10.7. The minimum Gasteiger partial charge on any atom is -0.341 e. The third-order valence-electron chi connectivity index (χ3n) is 8.22. The Hall–Kier alpha value is -2.88. The van der Waals surface area contributed by atoms with E-state index in [2.05, 4.69) is 10.6 Å². The number of fused-ring (bicyclic) bond motifs is 1. The molecular weight excluding hydrogens is 548 g/mol. The monoisotopic (exact) mass is 584 g/mol. The van der Waals surface area contributed by atoms with Crippen molar-refractivity contribution in [2.45, 2.75) is 57.0 Å². The number of hydrogen-bond acceptors (Lipinski definition) is 5. The quantitative estimate of drug-likeness (QED) is 0.398. The lowest BCUT2D eigenvalue weighted by Crippen LogP contribution is -2.47. The second-order valence-corrected chi connectivity index (χ2v) is 13.4. The van der Waals surface area contributed by atoms with Gasteiger partial charge < -0.3 is 15.5 Å². The second kappa shape index (κ2) is 12.3. The topological polar surface area (TPSA) is 101 Å². The lowest BCUT2D eigenvalue weighted by Gasteiger charge is -2.35. The first kappa shape index (κ1) is 28.6. The molecular formula is C30H37ClN4O4S. The molecule has 0 unspecified atom stereocenters. The van der Waals surface area contributed by atoms with Gasteiger partial charge in [-0.3, -0.25) is 9.59 Å². The maximum atomic E-state index is 13.8. The smallest absolute Gasteiger partial charge is 0.252 e. The van der Waals surface area contributed by atoms with Crippen molar-refractivity contribution in [3.05, 3.63) is 70.9 Å². The van der Waals surface area contributed by atoms with E-state index < -0.39 is 22.0 Å². The molecule has 1 aliphatic carbocycles. The summed E-state index contributed by atoms with van der Waals surface area (Å²) in [6, 6.07) is 13.7. The Morgan fingerprint density at radius 2 is 1.70 bits per heavy atom. The molecule has 2 amide bonds. The van der Waals surface area contributed by atoms with Crippen LogP contribution >= 0.6 is 11.6 Å². The Labute approximate surface area is 241 Å². The summed E-state index contributed by atoms with van der Waals surface area (Å²) < 4.78 is 25.6. The standard InChI is InChI=1S/C30H37ClN4O4S/c1-40(38,39)35-20-26(31)25-13-12-23(18-27(25)35)29(36)33-28(22-8-4-2-5-9-22)30(37)34-16-14-21(15-17-34)19-32-24-10-6-3-7-11-24/h2,4-5,8-9,12-13,18,20-21,24,28,32H,3,6-7,10-11,14-17,19H2,1H3,(H,33,36)/t28-/m1/s1. The van der Waals surface area contributed by atoms with Gasteiger partial charge in [0.1, 0.15) is 6.04 Å². The first-order chi connectivity index (χ1) is 19.2. The molecule has 2 N–H and O–H groups in total. The average Bonchev–Trinajstić information content (AvgIpc) is 3.32. The Balaban J connectivity index is 1.29. The van der Waals surface area contributed by atoms with Crippen LogP contribution in [0.4, 0.5) is 0 Å². The number of benzene rings is 2. The minimum atomic E-state index is -3.63. The number of amides is 2. The number of nitrogens with one attached hydrogen (secondary N) is 2. The van der Waals surface area contributed by atoms with E-state index in [-0.39, 0.29) is 16.5 Å². The van der Waals surface area contributed by atoms with Crippen LogP contribution in [0.15, 0.2) is 54.7 Å². The highest BCUT2D eigenvalue weighted by atomic mass is 35.5. The first-order valence-corrected chi connectivity index (χ1v) is 16.3. The molecule has 8 nitrogen and oxygen atoms in total. The van der Waals surface area contributed by atoms with E-state index in [1.165, 1.54) is 44.4 Å². The molecule has 0 spiro atoms. The van der Waals surface area contributed by atoms with Crippen molar-refractivity contribution < 1.29 is 18.0 Å². The van der Waals surface area contributed by atoms with Crippen molar-refractivity contribution in [2.75, 3.05) is 25.9 Å². The molecule has 2 aliphatic rings. The van der Waals surface area contributed by atoms with Crippen LogP contribution in [0.2, 0.25) is 5.02 Å². The van der Waals surface area contributed by atoms with E-state index in [0.717, 1.165) is 29.6 Å². The fourth-order valence-electron chi connectivity index (χ4n) is 5.90. The molecule has 0 bridgehead atoms. The molecule has 40 heavy (non-hydrogen) atoms. The summed E-state index contributed by atoms with van der Waals surface area (Å²) in [6.45, 7) is 2.30. The molecule has 2 heterocycles. The van der Waals surface area contributed by atoms with E-state index >= 15 is 0 Å². The number of carbonyl (C=O) groups is 2. The van der Waals surface area contributed by atoms with Gasteiger partial charge in [-0.1, -0.05) is 67.3 Å². The summed E-state index contributed by atoms with van der Waals surface area (Å²) in [5, 5.41) is 7.48. The zero-order valence-electron chi connectivity index (χ0n) is 22.8. The van der Waals surface area contributed by atoms with Gasteiger partial charge in [0.25, 0.3) is 5.91 Å². The fourth-order valence-corrected chi connectivity index (χ4v) is 7.02. The number of hydrogen-bond donors (Lipinski definition) is 2. The summed E-state index contributed by atoms with van der Waals surface area (Å²) in [5.41, 5.74) is 1.26. The molecule has 2 fully saturated rings. The van der Waals surface area contributed by atoms with Crippen LogP contribution in [0, 0.1) is 5.92 Å². The highest BCUT2D eigenvalue weighted by molar-refractivity contribution is 7.89. The first-order valence-electron chi connectivity index (χ1n) is 14.1. The van der Waals surface area contributed by atoms with Crippen LogP contribution in [0.3, 0.4) is 0 Å². The van der Waals surface area contributed by atoms with Gasteiger partial charge in [0, 0.05) is 36.3 Å². The van der Waals surface area contributed by atoms with Gasteiger partial charge in [-0.2, -0.15) is 0 Å². The van der Waals surface area contributed by atoms with Crippen LogP contribution < -0.4 is 10.6 Å². The van der Waals surface area contributed by atoms with Gasteiger partial charge in [0.05, 0.1) is 16.8 Å². The van der Waals surface area contributed by atoms with E-state index in [1.807, 2.05) is 35.2 Å². The summed E-state index contributed by atoms with van der Waals surface area (Å²) in [7, 11) is -3.63. The van der Waals surface area contributed by atoms with Crippen molar-refractivity contribution in [1.29, 1.82) is 0 Å². The summed E-state index contributed by atoms with van der Waals surface area (Å²) >= 11 is 6.24. The Kier molecular flexibility index (Phi) is 8.83. The largest absolute Gasteiger partial charge is 0.341 e. The normalized spacial score (nSPS) is 18.1. The van der Waals surface area contributed by atoms with Crippen molar-refractivity contribution in [3.8, 4) is 0 Å². The van der Waals surface area contributed by atoms with Gasteiger partial charge in [0.15, 0.2) is 0 Å². The summed E-state index contributed by atoms with van der Waals surface area (Å²) in [5.74, 6) is -0.0599. The Morgan fingerprint density at radius 3 is 2.38 bits per heavy atom. The fraction of sp³-hybridized carbons (Fsp3) is 0.467. The molecule has 0 radical (unpaired) electrons. The van der Waals surface area contributed by atoms with Gasteiger partial charge >= 0.3 is 0 Å². The van der Waals surface area contributed by atoms with Crippen molar-refractivity contribution in [2.24, 2.45) is 5.92 Å². The third-order valence-corrected chi connectivity index (χ3v) is 9.54. The zero-order chi connectivity index (χ0) is 28.3. The highest BCUT2D eigenvalue weighted by Gasteiger charge is 2.31. The number of piperidine rings is 1. The van der Waals surface area contributed by atoms with Crippen LogP contribution in [0.5, 0.6) is 0 Å². The number of rotatable bonds is 8. The molecule has 1 atom stereocenters. The van der Waals surface area contributed by atoms with E-state index in [0.29, 0.717) is 41.5 Å². The van der Waals surface area contributed by atoms with Gasteiger partial charge in [0.2, 0.25) is 15.9 Å². The van der Waals surface area contributed by atoms with Gasteiger partial charge in [-0.15, -0.1) is 0 Å². The maximum absolute atomic E-state index is 13.8. The van der Waals surface area contributed by atoms with E-state index in [4.69, 9.17) is 11.6 Å². The van der Waals surface area contributed by atoms with Gasteiger partial charge in [-0.25, -0.2) is 12.4 Å². The molecule has 10 heteroatoms. The van der Waals surface area contributed by atoms with Gasteiger partial charge in [-0.05, 0) is 55.8 Å². The molecule has 3 aromatic rings. The second-order valence-electron chi connectivity index (χ2n) is 11.1. The van der Waals surface area contributed by atoms with Crippen LogP contribution in [-0.2, 0) is 14.8 Å². The van der Waals surface area contributed by atoms with Crippen molar-refractivity contribution in [3.63, 3.8) is 0 Å². The number of halogens is 1. The minimum absolute atomic E-state index is 0.137. The van der Waals surface area contributed by atoms with Crippen molar-refractivity contribution >= 4 is 44.3 Å². The zero-order valence-corrected chi connectivity index (χ0v) is 24.4. The number of aromatic nitrogens is 1. The SMILES string of the molecule is CS(=O)(=O)n1cc(Cl)c2ccc(C(=O)N[C@@H](C(=O)N3CCC(CNC4CCCCC4)CC3)c3ccccc3)cc21. The Morgan fingerprint density at radius 1 is 1.00 bits per heavy atom. The molecule has 1 saturated carbocycles. The lowest BCUT2D eigenvalue weighted by molar-refractivity contribution is -0.134. The number of carbonyl (C=O) groups excluding carboxylic acids is 2. The van der Waals surface area contributed by atoms with E-state index in [9.17, 15) is 18.0 Å². The molecule has 1 aromatic heterocycles. The number of likely N-dealkylation sites (tertiary alicyclic amines) is 1. The van der Waals surface area contributed by atoms with E-state index in [1.54, 1.807) is 12.1 Å². The lowest BCUT2D eigenvalue weighted by atomic mass is 9.92. The molecule has 1 aliphatic heterocycles. The van der Waals surface area contributed by atoms with Crippen LogP contribution in [0.25, 0.3) is 10.9 Å². The Bertz CT molecular complexity index is 1460. The predicted molar refractivity (Wildman–Crippen MR) is 158 cm³/mol. The summed E-state index contributed by atoms with van der Waals surface area (Å²) in [4.78, 5) is 29.1.